The molecule has 116 valence electrons. The van der Waals surface area contributed by atoms with E-state index >= 15 is 0 Å². The molecule has 0 amide bonds. The fraction of sp³-hybridized carbons (Fsp3) is 0.333. The van der Waals surface area contributed by atoms with E-state index < -0.39 is 11.7 Å². The van der Waals surface area contributed by atoms with E-state index in [-0.39, 0.29) is 6.04 Å². The Kier molecular flexibility index (Phi) is 3.73. The van der Waals surface area contributed by atoms with Crippen LogP contribution in [-0.2, 0) is 12.6 Å². The first-order valence-electron chi connectivity index (χ1n) is 7.39. The van der Waals surface area contributed by atoms with Crippen LogP contribution >= 0.6 is 0 Å². The van der Waals surface area contributed by atoms with Gasteiger partial charge in [-0.15, -0.1) is 0 Å². The fourth-order valence-corrected chi connectivity index (χ4v) is 3.34. The molecular weight excluding hydrogens is 287 g/mol. The molecule has 1 aliphatic rings. The van der Waals surface area contributed by atoms with Gasteiger partial charge in [0.15, 0.2) is 0 Å². The maximum Gasteiger partial charge on any atom is 0.417 e. The molecule has 0 heterocycles. The monoisotopic (exact) mass is 305 g/mol. The fourth-order valence-electron chi connectivity index (χ4n) is 3.34. The van der Waals surface area contributed by atoms with Gasteiger partial charge in [0.25, 0.3) is 0 Å². The largest absolute Gasteiger partial charge is 0.417 e. The van der Waals surface area contributed by atoms with Gasteiger partial charge in [-0.25, -0.2) is 0 Å². The molecule has 1 atom stereocenters. The van der Waals surface area contributed by atoms with E-state index in [2.05, 4.69) is 5.32 Å². The summed E-state index contributed by atoms with van der Waals surface area (Å²) in [6, 6.07) is 10.3. The molecule has 0 fully saturated rings. The van der Waals surface area contributed by atoms with Gasteiger partial charge in [0.05, 0.1) is 5.56 Å². The maximum atomic E-state index is 13.3. The van der Waals surface area contributed by atoms with Gasteiger partial charge in [0.1, 0.15) is 0 Å². The highest BCUT2D eigenvalue weighted by atomic mass is 19.4. The maximum absolute atomic E-state index is 13.3. The van der Waals surface area contributed by atoms with Crippen LogP contribution in [0.5, 0.6) is 0 Å². The van der Waals surface area contributed by atoms with Crippen molar-refractivity contribution in [2.75, 3.05) is 7.05 Å². The van der Waals surface area contributed by atoms with Gasteiger partial charge in [-0.1, -0.05) is 24.3 Å². The highest BCUT2D eigenvalue weighted by molar-refractivity contribution is 5.73. The molecule has 1 N–H and O–H groups in total. The van der Waals surface area contributed by atoms with Crippen molar-refractivity contribution in [3.8, 4) is 11.1 Å². The molecule has 0 aliphatic heterocycles. The number of fused-ring (bicyclic) bond motifs is 1. The van der Waals surface area contributed by atoms with Crippen LogP contribution < -0.4 is 5.32 Å². The Hall–Kier alpha value is -1.81. The summed E-state index contributed by atoms with van der Waals surface area (Å²) in [6.07, 6.45) is -2.38. The average molecular weight is 305 g/mol. The number of halogens is 3. The molecule has 0 saturated carbocycles. The van der Waals surface area contributed by atoms with Crippen LogP contribution in [0, 0.1) is 6.92 Å². The normalized spacial score (nSPS) is 17.6. The van der Waals surface area contributed by atoms with Gasteiger partial charge in [0, 0.05) is 6.04 Å². The SMILES string of the molecule is CNC1CCc2ccc(-c3c(C)cccc3C(F)(F)F)cc21. The summed E-state index contributed by atoms with van der Waals surface area (Å²) in [5.74, 6) is 0. The van der Waals surface area contributed by atoms with E-state index in [0.29, 0.717) is 16.7 Å². The Morgan fingerprint density at radius 3 is 2.59 bits per heavy atom. The third-order valence-electron chi connectivity index (χ3n) is 4.44. The topological polar surface area (TPSA) is 12.0 Å². The first-order valence-corrected chi connectivity index (χ1v) is 7.39. The molecule has 0 saturated heterocycles. The predicted molar refractivity (Wildman–Crippen MR) is 81.7 cm³/mol. The van der Waals surface area contributed by atoms with Crippen LogP contribution in [-0.4, -0.2) is 7.05 Å². The van der Waals surface area contributed by atoms with Gasteiger partial charge in [-0.3, -0.25) is 0 Å². The molecule has 0 radical (unpaired) electrons. The van der Waals surface area contributed by atoms with Crippen molar-refractivity contribution in [2.45, 2.75) is 32.0 Å². The van der Waals surface area contributed by atoms with Crippen LogP contribution in [0.15, 0.2) is 36.4 Å². The van der Waals surface area contributed by atoms with Crippen LogP contribution in [0.4, 0.5) is 13.2 Å². The summed E-state index contributed by atoms with van der Waals surface area (Å²) in [4.78, 5) is 0. The zero-order valence-corrected chi connectivity index (χ0v) is 12.6. The number of benzene rings is 2. The van der Waals surface area contributed by atoms with E-state index in [1.54, 1.807) is 13.0 Å². The smallest absolute Gasteiger partial charge is 0.313 e. The zero-order chi connectivity index (χ0) is 15.9. The summed E-state index contributed by atoms with van der Waals surface area (Å²) >= 11 is 0. The number of hydrogen-bond donors (Lipinski definition) is 1. The summed E-state index contributed by atoms with van der Waals surface area (Å²) < 4.78 is 40.0. The second-order valence-corrected chi connectivity index (χ2v) is 5.79. The summed E-state index contributed by atoms with van der Waals surface area (Å²) in [5, 5.41) is 3.24. The van der Waals surface area contributed by atoms with Gasteiger partial charge < -0.3 is 5.32 Å². The highest BCUT2D eigenvalue weighted by Crippen LogP contribution is 2.41. The Morgan fingerprint density at radius 1 is 1.14 bits per heavy atom. The van der Waals surface area contributed by atoms with Crippen molar-refractivity contribution in [1.29, 1.82) is 0 Å². The van der Waals surface area contributed by atoms with E-state index in [9.17, 15) is 13.2 Å². The molecular formula is C18H18F3N. The van der Waals surface area contributed by atoms with E-state index in [1.807, 2.05) is 25.2 Å². The van der Waals surface area contributed by atoms with E-state index in [0.717, 1.165) is 24.5 Å². The number of rotatable bonds is 2. The van der Waals surface area contributed by atoms with Crippen molar-refractivity contribution in [3.63, 3.8) is 0 Å². The van der Waals surface area contributed by atoms with Crippen LogP contribution in [0.3, 0.4) is 0 Å². The molecule has 1 nitrogen and oxygen atoms in total. The van der Waals surface area contributed by atoms with Gasteiger partial charge in [0.2, 0.25) is 0 Å². The minimum absolute atomic E-state index is 0.230. The molecule has 4 heteroatoms. The first-order chi connectivity index (χ1) is 10.4. The molecule has 1 unspecified atom stereocenters. The molecule has 0 bridgehead atoms. The van der Waals surface area contributed by atoms with Gasteiger partial charge in [-0.05, 0) is 66.8 Å². The Labute approximate surface area is 128 Å². The lowest BCUT2D eigenvalue weighted by atomic mass is 9.92. The van der Waals surface area contributed by atoms with Crippen LogP contribution in [0.1, 0.15) is 34.7 Å². The summed E-state index contributed by atoms with van der Waals surface area (Å²) in [7, 11) is 1.89. The third kappa shape index (κ3) is 2.52. The lowest BCUT2D eigenvalue weighted by Crippen LogP contribution is -2.13. The van der Waals surface area contributed by atoms with Crippen molar-refractivity contribution in [3.05, 3.63) is 58.7 Å². The van der Waals surface area contributed by atoms with Crippen molar-refractivity contribution in [2.24, 2.45) is 0 Å². The number of hydrogen-bond acceptors (Lipinski definition) is 1. The minimum atomic E-state index is -4.34. The minimum Gasteiger partial charge on any atom is -0.313 e. The number of nitrogens with one attached hydrogen (secondary N) is 1. The van der Waals surface area contributed by atoms with E-state index in [4.69, 9.17) is 0 Å². The highest BCUT2D eigenvalue weighted by Gasteiger charge is 2.34. The van der Waals surface area contributed by atoms with Crippen molar-refractivity contribution in [1.82, 2.24) is 5.32 Å². The van der Waals surface area contributed by atoms with Crippen LogP contribution in [0.25, 0.3) is 11.1 Å². The van der Waals surface area contributed by atoms with Crippen molar-refractivity contribution >= 4 is 0 Å². The molecule has 22 heavy (non-hydrogen) atoms. The first kappa shape index (κ1) is 15.1. The molecule has 0 spiro atoms. The lowest BCUT2D eigenvalue weighted by molar-refractivity contribution is -0.137. The zero-order valence-electron chi connectivity index (χ0n) is 12.6. The van der Waals surface area contributed by atoms with Crippen LogP contribution in [0.2, 0.25) is 0 Å². The Balaban J connectivity index is 2.17. The predicted octanol–water partition coefficient (Wildman–Crippen LogP) is 4.89. The standard InChI is InChI=1S/C18H18F3N/c1-11-4-3-5-15(18(19,20)21)17(11)13-7-6-12-8-9-16(22-2)14(12)10-13/h3-7,10,16,22H,8-9H2,1-2H3. The summed E-state index contributed by atoms with van der Waals surface area (Å²) in [6.45, 7) is 1.73. The van der Waals surface area contributed by atoms with Crippen molar-refractivity contribution < 1.29 is 13.2 Å². The lowest BCUT2D eigenvalue weighted by Gasteiger charge is -2.17. The Bertz CT molecular complexity index is 704. The summed E-state index contributed by atoms with van der Waals surface area (Å²) in [5.41, 5.74) is 3.37. The molecule has 1 aliphatic carbocycles. The second kappa shape index (κ2) is 5.43. The third-order valence-corrected chi connectivity index (χ3v) is 4.44. The molecule has 0 aromatic heterocycles. The molecule has 3 rings (SSSR count). The van der Waals surface area contributed by atoms with E-state index in [1.165, 1.54) is 11.6 Å². The molecule has 2 aromatic carbocycles. The second-order valence-electron chi connectivity index (χ2n) is 5.79. The number of aryl methyl sites for hydroxylation is 2. The Morgan fingerprint density at radius 2 is 1.91 bits per heavy atom. The molecule has 2 aromatic rings. The van der Waals surface area contributed by atoms with Gasteiger partial charge in [-0.2, -0.15) is 13.2 Å². The quantitative estimate of drug-likeness (QED) is 0.833. The number of alkyl halides is 3. The van der Waals surface area contributed by atoms with Gasteiger partial charge >= 0.3 is 6.18 Å². The average Bonchev–Trinajstić information content (AvgIpc) is 2.88.